The van der Waals surface area contributed by atoms with Crippen LogP contribution in [0.1, 0.15) is 33.6 Å². The quantitative estimate of drug-likeness (QED) is 0.698. The molecule has 0 amide bonds. The highest BCUT2D eigenvalue weighted by atomic mass is 16.1. The van der Waals surface area contributed by atoms with Crippen molar-refractivity contribution in [2.45, 2.75) is 19.4 Å². The van der Waals surface area contributed by atoms with E-state index in [1.54, 1.807) is 10.9 Å². The predicted molar refractivity (Wildman–Crippen MR) is 91.6 cm³/mol. The van der Waals surface area contributed by atoms with Crippen LogP contribution in [-0.4, -0.2) is 25.3 Å². The lowest BCUT2D eigenvalue weighted by atomic mass is 9.90. The number of rotatable bonds is 3. The highest BCUT2D eigenvalue weighted by Gasteiger charge is 2.24. The lowest BCUT2D eigenvalue weighted by molar-refractivity contribution is 0.102. The maximum absolute atomic E-state index is 12.6. The van der Waals surface area contributed by atoms with Crippen molar-refractivity contribution in [3.05, 3.63) is 76.9 Å². The SMILES string of the molecule is Cn1ncc2c1CC/C(=C/c1cnn(Cc3ccccc3)c1)C2=O. The number of Topliss-reactive ketones (excluding diaryl/α,β-unsaturated/α-hetero) is 1. The first-order valence-electron chi connectivity index (χ1n) is 8.03. The molecule has 4 rings (SSSR count). The predicted octanol–water partition coefficient (Wildman–Crippen LogP) is 2.88. The summed E-state index contributed by atoms with van der Waals surface area (Å²) in [4.78, 5) is 12.6. The molecule has 0 saturated carbocycles. The minimum absolute atomic E-state index is 0.0835. The Balaban J connectivity index is 1.55. The van der Waals surface area contributed by atoms with Gasteiger partial charge in [-0.05, 0) is 24.5 Å². The fraction of sp³-hybridized carbons (Fsp3) is 0.211. The van der Waals surface area contributed by atoms with Crippen LogP contribution < -0.4 is 0 Å². The molecule has 1 aliphatic rings. The van der Waals surface area contributed by atoms with Gasteiger partial charge in [-0.3, -0.25) is 14.2 Å². The summed E-state index contributed by atoms with van der Waals surface area (Å²) >= 11 is 0. The Morgan fingerprint density at radius 1 is 1.12 bits per heavy atom. The Hall–Kier alpha value is -2.95. The van der Waals surface area contributed by atoms with E-state index in [4.69, 9.17) is 0 Å². The van der Waals surface area contributed by atoms with E-state index in [0.29, 0.717) is 0 Å². The molecule has 1 aromatic carbocycles. The average molecular weight is 318 g/mol. The molecule has 0 aliphatic heterocycles. The molecule has 0 N–H and O–H groups in total. The van der Waals surface area contributed by atoms with Gasteiger partial charge in [-0.1, -0.05) is 30.3 Å². The minimum atomic E-state index is 0.0835. The summed E-state index contributed by atoms with van der Waals surface area (Å²) in [7, 11) is 1.88. The van der Waals surface area contributed by atoms with Crippen molar-refractivity contribution in [1.29, 1.82) is 0 Å². The number of ketones is 1. The van der Waals surface area contributed by atoms with Crippen LogP contribution >= 0.6 is 0 Å². The molecule has 2 heterocycles. The van der Waals surface area contributed by atoms with E-state index in [1.165, 1.54) is 5.56 Å². The molecule has 5 nitrogen and oxygen atoms in total. The zero-order valence-corrected chi connectivity index (χ0v) is 13.5. The van der Waals surface area contributed by atoms with E-state index in [-0.39, 0.29) is 5.78 Å². The van der Waals surface area contributed by atoms with Gasteiger partial charge >= 0.3 is 0 Å². The molecule has 1 aliphatic carbocycles. The number of allylic oxidation sites excluding steroid dienone is 1. The Bertz CT molecular complexity index is 918. The summed E-state index contributed by atoms with van der Waals surface area (Å²) in [5.41, 5.74) is 4.74. The van der Waals surface area contributed by atoms with Crippen LogP contribution in [0.5, 0.6) is 0 Å². The van der Waals surface area contributed by atoms with Crippen molar-refractivity contribution in [3.8, 4) is 0 Å². The summed E-state index contributed by atoms with van der Waals surface area (Å²) in [5, 5.41) is 8.59. The normalized spacial score (nSPS) is 15.7. The molecule has 0 atom stereocenters. The van der Waals surface area contributed by atoms with Gasteiger partial charge < -0.3 is 0 Å². The van der Waals surface area contributed by atoms with Gasteiger partial charge in [0, 0.05) is 30.1 Å². The van der Waals surface area contributed by atoms with Crippen molar-refractivity contribution in [3.63, 3.8) is 0 Å². The fourth-order valence-electron chi connectivity index (χ4n) is 3.14. The summed E-state index contributed by atoms with van der Waals surface area (Å²) < 4.78 is 3.69. The highest BCUT2D eigenvalue weighted by molar-refractivity contribution is 6.12. The summed E-state index contributed by atoms with van der Waals surface area (Å²) in [5.74, 6) is 0.0835. The molecule has 0 saturated heterocycles. The Morgan fingerprint density at radius 3 is 2.79 bits per heavy atom. The molecule has 0 bridgehead atoms. The first-order valence-corrected chi connectivity index (χ1v) is 8.03. The van der Waals surface area contributed by atoms with E-state index in [0.717, 1.165) is 41.8 Å². The second kappa shape index (κ2) is 5.92. The van der Waals surface area contributed by atoms with Crippen LogP contribution in [-0.2, 0) is 20.0 Å². The van der Waals surface area contributed by atoms with Crippen LogP contribution in [0.4, 0.5) is 0 Å². The number of hydrogen-bond donors (Lipinski definition) is 0. The second-order valence-corrected chi connectivity index (χ2v) is 6.08. The van der Waals surface area contributed by atoms with Crippen molar-refractivity contribution in [1.82, 2.24) is 19.6 Å². The van der Waals surface area contributed by atoms with Crippen LogP contribution in [0.3, 0.4) is 0 Å². The topological polar surface area (TPSA) is 52.7 Å². The standard InChI is InChI=1S/C19H18N4O/c1-22-18-8-7-16(19(24)17(18)11-20-22)9-15-10-21-23(13-15)12-14-5-3-2-4-6-14/h2-6,9-11,13H,7-8,12H2,1H3/b16-9-. The zero-order valence-electron chi connectivity index (χ0n) is 13.5. The number of benzene rings is 1. The van der Waals surface area contributed by atoms with Crippen molar-refractivity contribution < 1.29 is 4.79 Å². The van der Waals surface area contributed by atoms with E-state index >= 15 is 0 Å². The Morgan fingerprint density at radius 2 is 1.96 bits per heavy atom. The largest absolute Gasteiger partial charge is 0.289 e. The third kappa shape index (κ3) is 2.69. The minimum Gasteiger partial charge on any atom is -0.289 e. The fourth-order valence-corrected chi connectivity index (χ4v) is 3.14. The molecule has 24 heavy (non-hydrogen) atoms. The monoisotopic (exact) mass is 318 g/mol. The number of nitrogens with zero attached hydrogens (tertiary/aromatic N) is 4. The molecule has 3 aromatic rings. The second-order valence-electron chi connectivity index (χ2n) is 6.08. The average Bonchev–Trinajstić information content (AvgIpc) is 3.18. The van der Waals surface area contributed by atoms with Crippen molar-refractivity contribution in [2.75, 3.05) is 0 Å². The first-order chi connectivity index (χ1) is 11.7. The summed E-state index contributed by atoms with van der Waals surface area (Å²) in [6, 6.07) is 10.2. The molecule has 2 aromatic heterocycles. The third-order valence-corrected chi connectivity index (χ3v) is 4.41. The lowest BCUT2D eigenvalue weighted by Crippen LogP contribution is -2.14. The van der Waals surface area contributed by atoms with Gasteiger partial charge in [0.15, 0.2) is 5.78 Å². The van der Waals surface area contributed by atoms with E-state index in [1.807, 2.05) is 48.4 Å². The first kappa shape index (κ1) is 14.6. The maximum atomic E-state index is 12.6. The van der Waals surface area contributed by atoms with Crippen molar-refractivity contribution >= 4 is 11.9 Å². The Labute approximate surface area is 140 Å². The third-order valence-electron chi connectivity index (χ3n) is 4.41. The van der Waals surface area contributed by atoms with Gasteiger partial charge in [0.2, 0.25) is 0 Å². The van der Waals surface area contributed by atoms with Gasteiger partial charge in [0.25, 0.3) is 0 Å². The number of aryl methyl sites for hydroxylation is 1. The number of carbonyl (C=O) groups is 1. The van der Waals surface area contributed by atoms with E-state index in [9.17, 15) is 4.79 Å². The van der Waals surface area contributed by atoms with Crippen LogP contribution in [0.15, 0.2) is 54.5 Å². The molecular weight excluding hydrogens is 300 g/mol. The van der Waals surface area contributed by atoms with Crippen LogP contribution in [0.2, 0.25) is 0 Å². The van der Waals surface area contributed by atoms with Crippen LogP contribution in [0.25, 0.3) is 6.08 Å². The number of fused-ring (bicyclic) bond motifs is 1. The molecule has 0 unspecified atom stereocenters. The maximum Gasteiger partial charge on any atom is 0.192 e. The number of carbonyl (C=O) groups excluding carboxylic acids is 1. The van der Waals surface area contributed by atoms with Gasteiger partial charge in [-0.15, -0.1) is 0 Å². The van der Waals surface area contributed by atoms with Crippen LogP contribution in [0, 0.1) is 0 Å². The number of aromatic nitrogens is 4. The molecular formula is C19H18N4O. The summed E-state index contributed by atoms with van der Waals surface area (Å²) in [6.07, 6.45) is 9.00. The van der Waals surface area contributed by atoms with E-state index in [2.05, 4.69) is 22.3 Å². The van der Waals surface area contributed by atoms with Gasteiger partial charge in [0.1, 0.15) is 0 Å². The Kier molecular flexibility index (Phi) is 3.61. The lowest BCUT2D eigenvalue weighted by Gasteiger charge is -2.14. The smallest absolute Gasteiger partial charge is 0.192 e. The number of hydrogen-bond acceptors (Lipinski definition) is 3. The van der Waals surface area contributed by atoms with Gasteiger partial charge in [-0.25, -0.2) is 0 Å². The van der Waals surface area contributed by atoms with Crippen molar-refractivity contribution in [2.24, 2.45) is 7.05 Å². The summed E-state index contributed by atoms with van der Waals surface area (Å²) in [6.45, 7) is 0.727. The molecule has 0 radical (unpaired) electrons. The highest BCUT2D eigenvalue weighted by Crippen LogP contribution is 2.26. The molecule has 5 heteroatoms. The molecule has 120 valence electrons. The molecule has 0 fully saturated rings. The van der Waals surface area contributed by atoms with E-state index < -0.39 is 0 Å². The molecule has 0 spiro atoms. The van der Waals surface area contributed by atoms with Gasteiger partial charge in [-0.2, -0.15) is 10.2 Å². The zero-order chi connectivity index (χ0) is 16.5. The van der Waals surface area contributed by atoms with Gasteiger partial charge in [0.05, 0.1) is 24.5 Å².